The highest BCUT2D eigenvalue weighted by atomic mass is 35.5. The second kappa shape index (κ2) is 6.57. The molecule has 0 saturated heterocycles. The number of nitrogens with zero attached hydrogens (tertiary/aromatic N) is 1. The Hall–Kier alpha value is -2.26. The van der Waals surface area contributed by atoms with Crippen LogP contribution >= 0.6 is 11.6 Å². The van der Waals surface area contributed by atoms with Crippen molar-refractivity contribution in [1.82, 2.24) is 4.57 Å². The molecule has 0 spiro atoms. The lowest BCUT2D eigenvalue weighted by Gasteiger charge is -2.15. The molecule has 0 radical (unpaired) electrons. The first-order chi connectivity index (χ1) is 12.1. The Balaban J connectivity index is 1.65. The van der Waals surface area contributed by atoms with Gasteiger partial charge < -0.3 is 5.32 Å². The van der Waals surface area contributed by atoms with Crippen LogP contribution in [0.3, 0.4) is 0 Å². The number of rotatable bonds is 3. The first kappa shape index (κ1) is 16.2. The molecule has 3 nitrogen and oxygen atoms in total. The van der Waals surface area contributed by atoms with E-state index in [4.69, 9.17) is 11.6 Å². The normalized spacial score (nSPS) is 13.7. The molecule has 0 fully saturated rings. The summed E-state index contributed by atoms with van der Waals surface area (Å²) in [5.74, 6) is 0.0797. The second-order valence-corrected chi connectivity index (χ2v) is 7.10. The average molecular weight is 353 g/mol. The van der Waals surface area contributed by atoms with Gasteiger partial charge in [0.2, 0.25) is 0 Å². The molecule has 0 atom stereocenters. The molecule has 25 heavy (non-hydrogen) atoms. The number of hydrogen-bond donors (Lipinski definition) is 1. The lowest BCUT2D eigenvalue weighted by atomic mass is 9.95. The van der Waals surface area contributed by atoms with Crippen LogP contribution in [0.25, 0.3) is 10.9 Å². The van der Waals surface area contributed by atoms with Crippen LogP contribution in [0.4, 0.5) is 5.69 Å². The Labute approximate surface area is 152 Å². The lowest BCUT2D eigenvalue weighted by molar-refractivity contribution is 0.0930. The molecule has 0 aliphatic heterocycles. The van der Waals surface area contributed by atoms with Crippen LogP contribution in [0.2, 0.25) is 5.02 Å². The third-order valence-corrected chi connectivity index (χ3v) is 5.45. The minimum absolute atomic E-state index is 0.0797. The van der Waals surface area contributed by atoms with Crippen LogP contribution in [-0.4, -0.2) is 17.0 Å². The van der Waals surface area contributed by atoms with Gasteiger partial charge in [-0.15, -0.1) is 0 Å². The number of anilines is 1. The maximum atomic E-state index is 13.0. The van der Waals surface area contributed by atoms with E-state index in [9.17, 15) is 4.79 Å². The fourth-order valence-electron chi connectivity index (χ4n) is 3.74. The highest BCUT2D eigenvalue weighted by molar-refractivity contribution is 6.31. The smallest absolute Gasteiger partial charge is 0.250 e. The average Bonchev–Trinajstić information content (AvgIpc) is 2.97. The summed E-state index contributed by atoms with van der Waals surface area (Å²) in [5, 5.41) is 5.15. The Bertz CT molecular complexity index is 958. The van der Waals surface area contributed by atoms with E-state index in [-0.39, 0.29) is 12.5 Å². The number of aromatic nitrogens is 1. The van der Waals surface area contributed by atoms with Gasteiger partial charge in [-0.1, -0.05) is 35.9 Å². The molecule has 1 aliphatic carbocycles. The van der Waals surface area contributed by atoms with Gasteiger partial charge in [0.1, 0.15) is 0 Å². The molecule has 0 amide bonds. The summed E-state index contributed by atoms with van der Waals surface area (Å²) in [4.78, 5) is 13.0. The number of nitrogens with one attached hydrogen (secondary N) is 1. The molecular weight excluding hydrogens is 332 g/mol. The van der Waals surface area contributed by atoms with Crippen molar-refractivity contribution in [3.63, 3.8) is 0 Å². The Kier molecular flexibility index (Phi) is 4.26. The molecule has 0 bridgehead atoms. The molecule has 1 aliphatic rings. The Morgan fingerprint density at radius 1 is 1.16 bits per heavy atom. The van der Waals surface area contributed by atoms with Crippen LogP contribution in [0.5, 0.6) is 0 Å². The van der Waals surface area contributed by atoms with Crippen LogP contribution in [0.1, 0.15) is 34.5 Å². The van der Waals surface area contributed by atoms with Crippen molar-refractivity contribution in [3.05, 3.63) is 64.3 Å². The largest absolute Gasteiger partial charge is 0.376 e. The van der Waals surface area contributed by atoms with Crippen molar-refractivity contribution in [2.45, 2.75) is 32.6 Å². The Morgan fingerprint density at radius 3 is 2.80 bits per heavy atom. The molecular formula is C21H21ClN2O. The van der Waals surface area contributed by atoms with Crippen molar-refractivity contribution < 1.29 is 4.79 Å². The molecule has 4 rings (SSSR count). The number of halogens is 1. The summed E-state index contributed by atoms with van der Waals surface area (Å²) in [7, 11) is 0. The predicted octanol–water partition coefficient (Wildman–Crippen LogP) is 5.23. The molecule has 3 aromatic rings. The highest BCUT2D eigenvalue weighted by Crippen LogP contribution is 2.32. The van der Waals surface area contributed by atoms with Crippen molar-refractivity contribution in [2.24, 2.45) is 0 Å². The second-order valence-electron chi connectivity index (χ2n) is 6.70. The highest BCUT2D eigenvalue weighted by Gasteiger charge is 2.22. The van der Waals surface area contributed by atoms with Gasteiger partial charge in [0.25, 0.3) is 5.91 Å². The summed E-state index contributed by atoms with van der Waals surface area (Å²) >= 11 is 6.17. The number of para-hydroxylation sites is 1. The van der Waals surface area contributed by atoms with Crippen molar-refractivity contribution in [2.75, 3.05) is 11.9 Å². The number of aryl methyl sites for hydroxylation is 2. The predicted molar refractivity (Wildman–Crippen MR) is 104 cm³/mol. The van der Waals surface area contributed by atoms with E-state index in [0.717, 1.165) is 36.0 Å². The zero-order chi connectivity index (χ0) is 17.4. The standard InChI is InChI=1S/C21H21ClN2O/c1-14-10-11-15(12-18(14)22)23-13-21(25)24-19-8-4-2-6-16(19)17-7-3-5-9-20(17)24/h2,4,6,8,10-12,23H,3,5,7,9,13H2,1H3. The van der Waals surface area contributed by atoms with Gasteiger partial charge in [0.15, 0.2) is 0 Å². The molecule has 1 heterocycles. The molecule has 0 saturated carbocycles. The van der Waals surface area contributed by atoms with Gasteiger partial charge in [0.05, 0.1) is 12.1 Å². The van der Waals surface area contributed by atoms with Gasteiger partial charge in [-0.25, -0.2) is 0 Å². The number of carbonyl (C=O) groups is 1. The monoisotopic (exact) mass is 352 g/mol. The summed E-state index contributed by atoms with van der Waals surface area (Å²) < 4.78 is 1.92. The topological polar surface area (TPSA) is 34.0 Å². The van der Waals surface area contributed by atoms with Crippen LogP contribution in [-0.2, 0) is 12.8 Å². The fraction of sp³-hybridized carbons (Fsp3) is 0.286. The molecule has 128 valence electrons. The summed E-state index contributed by atoms with van der Waals surface area (Å²) in [6, 6.07) is 14.0. The summed E-state index contributed by atoms with van der Waals surface area (Å²) in [5.41, 5.74) is 5.48. The first-order valence-corrected chi connectivity index (χ1v) is 9.17. The number of hydrogen-bond acceptors (Lipinski definition) is 2. The third-order valence-electron chi connectivity index (χ3n) is 5.04. The zero-order valence-corrected chi connectivity index (χ0v) is 15.1. The summed E-state index contributed by atoms with van der Waals surface area (Å²) in [6.07, 6.45) is 4.40. The van der Waals surface area contributed by atoms with Crippen LogP contribution in [0.15, 0.2) is 42.5 Å². The summed E-state index contributed by atoms with van der Waals surface area (Å²) in [6.45, 7) is 2.22. The molecule has 0 unspecified atom stereocenters. The maximum absolute atomic E-state index is 13.0. The lowest BCUT2D eigenvalue weighted by Crippen LogP contribution is -2.23. The van der Waals surface area contributed by atoms with E-state index in [2.05, 4.69) is 17.4 Å². The quantitative estimate of drug-likeness (QED) is 0.699. The maximum Gasteiger partial charge on any atom is 0.250 e. The van der Waals surface area contributed by atoms with Gasteiger partial charge in [0, 0.05) is 21.8 Å². The number of carbonyl (C=O) groups excluding carboxylic acids is 1. The molecule has 1 aromatic heterocycles. The Morgan fingerprint density at radius 2 is 1.96 bits per heavy atom. The molecule has 4 heteroatoms. The van der Waals surface area contributed by atoms with Gasteiger partial charge >= 0.3 is 0 Å². The van der Waals surface area contributed by atoms with Gasteiger partial charge in [-0.2, -0.15) is 0 Å². The van der Waals surface area contributed by atoms with E-state index < -0.39 is 0 Å². The minimum atomic E-state index is 0.0797. The number of benzene rings is 2. The van der Waals surface area contributed by atoms with Crippen molar-refractivity contribution in [1.29, 1.82) is 0 Å². The van der Waals surface area contributed by atoms with E-state index in [0.29, 0.717) is 5.02 Å². The third kappa shape index (κ3) is 2.93. The SMILES string of the molecule is Cc1ccc(NCC(=O)n2c3c(c4ccccc42)CCCC3)cc1Cl. The van der Waals surface area contributed by atoms with Gasteiger partial charge in [-0.05, 0) is 61.9 Å². The van der Waals surface area contributed by atoms with E-state index >= 15 is 0 Å². The molecule has 1 N–H and O–H groups in total. The van der Waals surface area contributed by atoms with E-state index in [1.165, 1.54) is 23.1 Å². The first-order valence-electron chi connectivity index (χ1n) is 8.79. The zero-order valence-electron chi connectivity index (χ0n) is 14.3. The van der Waals surface area contributed by atoms with Crippen LogP contribution in [0, 0.1) is 6.92 Å². The molecule has 2 aromatic carbocycles. The minimum Gasteiger partial charge on any atom is -0.376 e. The fourth-order valence-corrected chi connectivity index (χ4v) is 3.92. The van der Waals surface area contributed by atoms with Crippen molar-refractivity contribution >= 4 is 34.1 Å². The van der Waals surface area contributed by atoms with Crippen molar-refractivity contribution in [3.8, 4) is 0 Å². The van der Waals surface area contributed by atoms with E-state index in [1.807, 2.05) is 41.8 Å². The number of fused-ring (bicyclic) bond motifs is 3. The van der Waals surface area contributed by atoms with Gasteiger partial charge in [-0.3, -0.25) is 9.36 Å². The van der Waals surface area contributed by atoms with Crippen LogP contribution < -0.4 is 5.32 Å². The van der Waals surface area contributed by atoms with E-state index in [1.54, 1.807) is 0 Å².